The normalized spacial score (nSPS) is 21.2. The molecule has 0 saturated carbocycles. The fourth-order valence-electron chi connectivity index (χ4n) is 3.69. The topological polar surface area (TPSA) is 47.6 Å². The van der Waals surface area contributed by atoms with E-state index in [9.17, 15) is 4.79 Å². The number of fused-ring (bicyclic) bond motifs is 1. The van der Waals surface area contributed by atoms with Crippen molar-refractivity contribution in [1.29, 1.82) is 0 Å². The summed E-state index contributed by atoms with van der Waals surface area (Å²) < 4.78 is 11.4. The third-order valence-corrected chi connectivity index (χ3v) is 5.09. The van der Waals surface area contributed by atoms with E-state index in [1.54, 1.807) is 0 Å². The number of hydrogen-bond acceptors (Lipinski definition) is 3. The zero-order chi connectivity index (χ0) is 16.6. The average molecular weight is 331 g/mol. The van der Waals surface area contributed by atoms with Crippen LogP contribution in [0, 0.1) is 5.92 Å². The van der Waals surface area contributed by atoms with E-state index in [0.717, 1.165) is 45.3 Å². The summed E-state index contributed by atoms with van der Waals surface area (Å²) in [7, 11) is 0. The van der Waals surface area contributed by atoms with Gasteiger partial charge >= 0.3 is 0 Å². The summed E-state index contributed by atoms with van der Waals surface area (Å²) in [5, 5.41) is 3.03. The molecule has 4 nitrogen and oxygen atoms in total. The number of amides is 1. The number of aryl methyl sites for hydroxylation is 1. The van der Waals surface area contributed by atoms with Crippen LogP contribution >= 0.6 is 0 Å². The van der Waals surface area contributed by atoms with E-state index in [-0.39, 0.29) is 12.0 Å². The van der Waals surface area contributed by atoms with E-state index in [1.807, 2.05) is 0 Å². The van der Waals surface area contributed by atoms with E-state index >= 15 is 0 Å². The van der Waals surface area contributed by atoms with Crippen LogP contribution < -0.4 is 5.32 Å². The number of nitrogens with one attached hydrogen (secondary N) is 1. The zero-order valence-electron chi connectivity index (χ0n) is 14.5. The molecule has 132 valence electrons. The SMILES string of the molecule is O=C(CC1CCOCC1)NCCCO[C@@H]1CCCc2ccccc21. The maximum Gasteiger partial charge on any atom is 0.220 e. The quantitative estimate of drug-likeness (QED) is 0.779. The molecule has 24 heavy (non-hydrogen) atoms. The molecule has 1 aliphatic heterocycles. The predicted octanol–water partition coefficient (Wildman–Crippen LogP) is 3.40. The smallest absolute Gasteiger partial charge is 0.220 e. The lowest BCUT2D eigenvalue weighted by Crippen LogP contribution is -2.29. The molecule has 0 bridgehead atoms. The molecule has 0 aromatic heterocycles. The molecule has 1 atom stereocenters. The van der Waals surface area contributed by atoms with Gasteiger partial charge in [-0.15, -0.1) is 0 Å². The van der Waals surface area contributed by atoms with Crippen LogP contribution in [0.4, 0.5) is 0 Å². The Morgan fingerprint density at radius 2 is 2.04 bits per heavy atom. The van der Waals surface area contributed by atoms with Gasteiger partial charge in [0.1, 0.15) is 0 Å². The van der Waals surface area contributed by atoms with Crippen LogP contribution in [0.3, 0.4) is 0 Å². The van der Waals surface area contributed by atoms with Crippen LogP contribution in [-0.2, 0) is 20.7 Å². The van der Waals surface area contributed by atoms with Gasteiger partial charge in [0, 0.05) is 32.8 Å². The Balaban J connectivity index is 1.31. The molecule has 2 aliphatic rings. The molecule has 1 fully saturated rings. The Morgan fingerprint density at radius 3 is 2.92 bits per heavy atom. The Hall–Kier alpha value is -1.39. The van der Waals surface area contributed by atoms with E-state index in [1.165, 1.54) is 17.5 Å². The average Bonchev–Trinajstić information content (AvgIpc) is 2.62. The van der Waals surface area contributed by atoms with Crippen LogP contribution in [-0.4, -0.2) is 32.3 Å². The summed E-state index contributed by atoms with van der Waals surface area (Å²) >= 11 is 0. The van der Waals surface area contributed by atoms with E-state index in [0.29, 0.717) is 25.5 Å². The second-order valence-corrected chi connectivity index (χ2v) is 6.91. The van der Waals surface area contributed by atoms with Crippen LogP contribution in [0.1, 0.15) is 55.8 Å². The molecule has 1 N–H and O–H groups in total. The Bertz CT molecular complexity index is 525. The summed E-state index contributed by atoms with van der Waals surface area (Å²) in [4.78, 5) is 11.9. The minimum atomic E-state index is 0.171. The summed E-state index contributed by atoms with van der Waals surface area (Å²) in [6.45, 7) is 3.01. The van der Waals surface area contributed by atoms with Gasteiger partial charge in [-0.1, -0.05) is 24.3 Å². The molecule has 1 amide bonds. The minimum Gasteiger partial charge on any atom is -0.381 e. The van der Waals surface area contributed by atoms with Gasteiger partial charge in [0.25, 0.3) is 0 Å². The molecule has 0 unspecified atom stereocenters. The molecule has 0 radical (unpaired) electrons. The van der Waals surface area contributed by atoms with E-state index in [4.69, 9.17) is 9.47 Å². The second-order valence-electron chi connectivity index (χ2n) is 6.91. The number of carbonyl (C=O) groups excluding carboxylic acids is 1. The highest BCUT2D eigenvalue weighted by Gasteiger charge is 2.20. The van der Waals surface area contributed by atoms with Gasteiger partial charge in [-0.3, -0.25) is 4.79 Å². The third kappa shape index (κ3) is 5.05. The largest absolute Gasteiger partial charge is 0.381 e. The van der Waals surface area contributed by atoms with Crippen LogP contribution in [0.25, 0.3) is 0 Å². The second kappa shape index (κ2) is 9.19. The summed E-state index contributed by atoms with van der Waals surface area (Å²) in [6.07, 6.45) is 7.23. The lowest BCUT2D eigenvalue weighted by molar-refractivity contribution is -0.122. The van der Waals surface area contributed by atoms with Crippen LogP contribution in [0.2, 0.25) is 0 Å². The van der Waals surface area contributed by atoms with Gasteiger partial charge in [-0.05, 0) is 55.6 Å². The van der Waals surface area contributed by atoms with Crippen molar-refractivity contribution in [2.75, 3.05) is 26.4 Å². The highest BCUT2D eigenvalue weighted by molar-refractivity contribution is 5.76. The van der Waals surface area contributed by atoms with Crippen LogP contribution in [0.5, 0.6) is 0 Å². The number of rotatable bonds is 7. The lowest BCUT2D eigenvalue weighted by Gasteiger charge is -2.25. The van der Waals surface area contributed by atoms with Gasteiger partial charge in [0.2, 0.25) is 5.91 Å². The first-order valence-electron chi connectivity index (χ1n) is 9.37. The van der Waals surface area contributed by atoms with Crippen molar-refractivity contribution in [1.82, 2.24) is 5.32 Å². The van der Waals surface area contributed by atoms with Crippen molar-refractivity contribution < 1.29 is 14.3 Å². The molecule has 4 heteroatoms. The molecular weight excluding hydrogens is 302 g/mol. The van der Waals surface area contributed by atoms with Gasteiger partial charge in [0.05, 0.1) is 6.10 Å². The highest BCUT2D eigenvalue weighted by atomic mass is 16.5. The predicted molar refractivity (Wildman–Crippen MR) is 93.9 cm³/mol. The highest BCUT2D eigenvalue weighted by Crippen LogP contribution is 2.32. The fraction of sp³-hybridized carbons (Fsp3) is 0.650. The standard InChI is InChI=1S/C20H29NO3/c22-20(15-16-9-13-23-14-10-16)21-11-4-12-24-19-8-3-6-17-5-1-2-7-18(17)19/h1-2,5,7,16,19H,3-4,6,8-15H2,(H,21,22)/t19-/m1/s1. The number of benzene rings is 1. The van der Waals surface area contributed by atoms with Crippen molar-refractivity contribution in [2.24, 2.45) is 5.92 Å². The molecule has 3 rings (SSSR count). The molecular formula is C20H29NO3. The summed E-state index contributed by atoms with van der Waals surface area (Å²) in [5.74, 6) is 0.665. The third-order valence-electron chi connectivity index (χ3n) is 5.09. The first-order valence-corrected chi connectivity index (χ1v) is 9.37. The Morgan fingerprint density at radius 1 is 1.21 bits per heavy atom. The van der Waals surface area contributed by atoms with E-state index in [2.05, 4.69) is 29.6 Å². The van der Waals surface area contributed by atoms with Gasteiger partial charge in [-0.25, -0.2) is 0 Å². The molecule has 1 aromatic rings. The van der Waals surface area contributed by atoms with Crippen molar-refractivity contribution >= 4 is 5.91 Å². The monoisotopic (exact) mass is 331 g/mol. The van der Waals surface area contributed by atoms with Crippen molar-refractivity contribution in [3.8, 4) is 0 Å². The van der Waals surface area contributed by atoms with Crippen molar-refractivity contribution in [3.05, 3.63) is 35.4 Å². The minimum absolute atomic E-state index is 0.171. The Labute approximate surface area is 144 Å². The fourth-order valence-corrected chi connectivity index (χ4v) is 3.69. The first kappa shape index (κ1) is 17.4. The van der Waals surface area contributed by atoms with Crippen LogP contribution in [0.15, 0.2) is 24.3 Å². The Kier molecular flexibility index (Phi) is 6.67. The van der Waals surface area contributed by atoms with Crippen molar-refractivity contribution in [3.63, 3.8) is 0 Å². The van der Waals surface area contributed by atoms with Crippen molar-refractivity contribution in [2.45, 2.75) is 51.0 Å². The van der Waals surface area contributed by atoms with Gasteiger partial charge in [0.15, 0.2) is 0 Å². The van der Waals surface area contributed by atoms with Gasteiger partial charge in [-0.2, -0.15) is 0 Å². The van der Waals surface area contributed by atoms with Gasteiger partial charge < -0.3 is 14.8 Å². The lowest BCUT2D eigenvalue weighted by atomic mass is 9.89. The first-order chi connectivity index (χ1) is 11.8. The molecule has 1 aliphatic carbocycles. The zero-order valence-corrected chi connectivity index (χ0v) is 14.5. The number of carbonyl (C=O) groups is 1. The maximum absolute atomic E-state index is 11.9. The summed E-state index contributed by atoms with van der Waals surface area (Å²) in [6, 6.07) is 8.60. The number of ether oxygens (including phenoxy) is 2. The number of hydrogen-bond donors (Lipinski definition) is 1. The molecule has 0 spiro atoms. The molecule has 1 aromatic carbocycles. The van der Waals surface area contributed by atoms with E-state index < -0.39 is 0 Å². The summed E-state index contributed by atoms with van der Waals surface area (Å²) in [5.41, 5.74) is 2.78. The maximum atomic E-state index is 11.9. The molecule has 1 saturated heterocycles. The molecule has 1 heterocycles.